The van der Waals surface area contributed by atoms with Crippen molar-refractivity contribution in [2.45, 2.75) is 6.92 Å². The van der Waals surface area contributed by atoms with E-state index in [1.807, 2.05) is 0 Å². The summed E-state index contributed by atoms with van der Waals surface area (Å²) in [6, 6.07) is 0. The molecule has 2 aromatic heterocycles. The zero-order valence-electron chi connectivity index (χ0n) is 7.21. The third-order valence-electron chi connectivity index (χ3n) is 1.55. The summed E-state index contributed by atoms with van der Waals surface area (Å²) in [5.41, 5.74) is 0.985. The standard InChI is InChI=1S/C7H6ClN5O/c1-3(14)11-6-4-5(10-2-9-4)12-7(8)13-6/h2H,1H3,(H2,9,10,11,12,13,14). The highest BCUT2D eigenvalue weighted by Gasteiger charge is 2.09. The second-order valence-electron chi connectivity index (χ2n) is 2.62. The molecule has 72 valence electrons. The molecule has 0 aromatic carbocycles. The van der Waals surface area contributed by atoms with Crippen molar-refractivity contribution in [3.63, 3.8) is 0 Å². The molecule has 14 heavy (non-hydrogen) atoms. The average molecular weight is 212 g/mol. The molecule has 0 bridgehead atoms. The van der Waals surface area contributed by atoms with Gasteiger partial charge in [0.25, 0.3) is 0 Å². The van der Waals surface area contributed by atoms with Crippen LogP contribution in [0.4, 0.5) is 5.82 Å². The molecule has 0 radical (unpaired) electrons. The van der Waals surface area contributed by atoms with E-state index in [0.717, 1.165) is 0 Å². The Labute approximate surface area is 83.7 Å². The maximum absolute atomic E-state index is 10.8. The van der Waals surface area contributed by atoms with Crippen molar-refractivity contribution in [1.29, 1.82) is 0 Å². The number of carbonyl (C=O) groups is 1. The maximum Gasteiger partial charge on any atom is 0.226 e. The first-order chi connectivity index (χ1) is 6.66. The molecule has 7 heteroatoms. The van der Waals surface area contributed by atoms with E-state index in [1.165, 1.54) is 13.3 Å². The van der Waals surface area contributed by atoms with Gasteiger partial charge >= 0.3 is 0 Å². The van der Waals surface area contributed by atoms with Gasteiger partial charge in [-0.15, -0.1) is 0 Å². The monoisotopic (exact) mass is 211 g/mol. The second-order valence-corrected chi connectivity index (χ2v) is 2.96. The molecule has 0 spiro atoms. The van der Waals surface area contributed by atoms with Gasteiger partial charge in [0.2, 0.25) is 11.2 Å². The van der Waals surface area contributed by atoms with E-state index in [-0.39, 0.29) is 11.2 Å². The minimum Gasteiger partial charge on any atom is -0.329 e. The lowest BCUT2D eigenvalue weighted by Gasteiger charge is -2.00. The predicted octanol–water partition coefficient (Wildman–Crippen LogP) is 0.965. The molecule has 0 unspecified atom stereocenters. The lowest BCUT2D eigenvalue weighted by Crippen LogP contribution is -2.08. The Morgan fingerprint density at radius 2 is 2.36 bits per heavy atom. The predicted molar refractivity (Wildman–Crippen MR) is 51.0 cm³/mol. The quantitative estimate of drug-likeness (QED) is 0.689. The van der Waals surface area contributed by atoms with Crippen molar-refractivity contribution in [1.82, 2.24) is 19.9 Å². The van der Waals surface area contributed by atoms with Crippen LogP contribution in [-0.2, 0) is 4.79 Å². The second kappa shape index (κ2) is 3.22. The van der Waals surface area contributed by atoms with Crippen molar-refractivity contribution in [2.24, 2.45) is 0 Å². The van der Waals surface area contributed by atoms with Gasteiger partial charge in [0.1, 0.15) is 0 Å². The molecule has 0 atom stereocenters. The molecule has 0 aliphatic rings. The number of rotatable bonds is 1. The number of anilines is 1. The van der Waals surface area contributed by atoms with Crippen molar-refractivity contribution in [2.75, 3.05) is 5.32 Å². The van der Waals surface area contributed by atoms with Crippen molar-refractivity contribution >= 4 is 34.5 Å². The first-order valence-electron chi connectivity index (χ1n) is 3.81. The van der Waals surface area contributed by atoms with Gasteiger partial charge < -0.3 is 10.3 Å². The summed E-state index contributed by atoms with van der Waals surface area (Å²) < 4.78 is 0. The van der Waals surface area contributed by atoms with Crippen LogP contribution in [0.3, 0.4) is 0 Å². The SMILES string of the molecule is CC(=O)Nc1nc(Cl)nc2[nH]cnc12. The number of imidazole rings is 1. The maximum atomic E-state index is 10.8. The van der Waals surface area contributed by atoms with Gasteiger partial charge in [-0.3, -0.25) is 4.79 Å². The van der Waals surface area contributed by atoms with Crippen LogP contribution in [0.25, 0.3) is 11.2 Å². The smallest absolute Gasteiger partial charge is 0.226 e. The van der Waals surface area contributed by atoms with Gasteiger partial charge in [-0.05, 0) is 11.6 Å². The number of nitrogens with one attached hydrogen (secondary N) is 2. The summed E-state index contributed by atoms with van der Waals surface area (Å²) >= 11 is 5.64. The Balaban J connectivity index is 2.60. The molecule has 2 rings (SSSR count). The van der Waals surface area contributed by atoms with Crippen LogP contribution >= 0.6 is 11.6 Å². The molecule has 0 aliphatic carbocycles. The highest BCUT2D eigenvalue weighted by Crippen LogP contribution is 2.18. The fourth-order valence-corrected chi connectivity index (χ4v) is 1.23. The van der Waals surface area contributed by atoms with E-state index in [4.69, 9.17) is 11.6 Å². The summed E-state index contributed by atoms with van der Waals surface area (Å²) in [6.45, 7) is 1.38. The molecule has 2 heterocycles. The first kappa shape index (κ1) is 8.89. The highest BCUT2D eigenvalue weighted by molar-refractivity contribution is 6.28. The summed E-state index contributed by atoms with van der Waals surface area (Å²) in [4.78, 5) is 25.3. The van der Waals surface area contributed by atoms with Crippen LogP contribution in [0.1, 0.15) is 6.92 Å². The minimum atomic E-state index is -0.232. The Kier molecular flexibility index (Phi) is 2.05. The molecule has 2 aromatic rings. The molecule has 0 saturated carbocycles. The number of nitrogens with zero attached hydrogens (tertiary/aromatic N) is 3. The third-order valence-corrected chi connectivity index (χ3v) is 1.72. The van der Waals surface area contributed by atoms with Crippen LogP contribution in [0.2, 0.25) is 5.28 Å². The normalized spacial score (nSPS) is 10.4. The van der Waals surface area contributed by atoms with Crippen LogP contribution in [0.5, 0.6) is 0 Å². The van der Waals surface area contributed by atoms with Gasteiger partial charge in [0, 0.05) is 6.92 Å². The Morgan fingerprint density at radius 3 is 3.07 bits per heavy atom. The lowest BCUT2D eigenvalue weighted by molar-refractivity contribution is -0.114. The van der Waals surface area contributed by atoms with Crippen LogP contribution < -0.4 is 5.32 Å². The fourth-order valence-electron chi connectivity index (χ4n) is 1.06. The third kappa shape index (κ3) is 1.51. The molecular formula is C7H6ClN5O. The molecule has 0 aliphatic heterocycles. The Bertz CT molecular complexity index is 494. The van der Waals surface area contributed by atoms with E-state index in [2.05, 4.69) is 25.3 Å². The average Bonchev–Trinajstić information content (AvgIpc) is 2.50. The number of hydrogen-bond donors (Lipinski definition) is 2. The zero-order chi connectivity index (χ0) is 10.1. The molecular weight excluding hydrogens is 206 g/mol. The topological polar surface area (TPSA) is 83.6 Å². The number of hydrogen-bond acceptors (Lipinski definition) is 4. The molecule has 1 amide bonds. The van der Waals surface area contributed by atoms with Crippen molar-refractivity contribution < 1.29 is 4.79 Å². The van der Waals surface area contributed by atoms with Gasteiger partial charge in [-0.1, -0.05) is 0 Å². The number of aromatic nitrogens is 4. The Morgan fingerprint density at radius 1 is 1.57 bits per heavy atom. The summed E-state index contributed by atoms with van der Waals surface area (Å²) in [7, 11) is 0. The van der Waals surface area contributed by atoms with Gasteiger partial charge in [0.05, 0.1) is 6.33 Å². The van der Waals surface area contributed by atoms with Gasteiger partial charge in [0.15, 0.2) is 17.0 Å². The number of halogens is 1. The minimum absolute atomic E-state index is 0.0606. The van der Waals surface area contributed by atoms with E-state index in [9.17, 15) is 4.79 Å². The van der Waals surface area contributed by atoms with Crippen LogP contribution in [0.15, 0.2) is 6.33 Å². The first-order valence-corrected chi connectivity index (χ1v) is 4.19. The van der Waals surface area contributed by atoms with E-state index in [0.29, 0.717) is 17.0 Å². The van der Waals surface area contributed by atoms with E-state index < -0.39 is 0 Å². The lowest BCUT2D eigenvalue weighted by atomic mass is 10.5. The summed E-state index contributed by atoms with van der Waals surface area (Å²) in [6.07, 6.45) is 1.46. The largest absolute Gasteiger partial charge is 0.329 e. The highest BCUT2D eigenvalue weighted by atomic mass is 35.5. The fraction of sp³-hybridized carbons (Fsp3) is 0.143. The van der Waals surface area contributed by atoms with E-state index in [1.54, 1.807) is 0 Å². The number of H-pyrrole nitrogens is 1. The zero-order valence-corrected chi connectivity index (χ0v) is 7.96. The summed E-state index contributed by atoms with van der Waals surface area (Å²) in [5.74, 6) is 0.0813. The van der Waals surface area contributed by atoms with Gasteiger partial charge in [-0.25, -0.2) is 4.98 Å². The molecule has 0 saturated heterocycles. The number of aromatic amines is 1. The Hall–Kier alpha value is -1.69. The molecule has 2 N–H and O–H groups in total. The van der Waals surface area contributed by atoms with Crippen molar-refractivity contribution in [3.05, 3.63) is 11.6 Å². The summed E-state index contributed by atoms with van der Waals surface area (Å²) in [5, 5.41) is 2.58. The van der Waals surface area contributed by atoms with Crippen LogP contribution in [0, 0.1) is 0 Å². The van der Waals surface area contributed by atoms with E-state index >= 15 is 0 Å². The van der Waals surface area contributed by atoms with Crippen LogP contribution in [-0.4, -0.2) is 25.8 Å². The van der Waals surface area contributed by atoms with Crippen molar-refractivity contribution in [3.8, 4) is 0 Å². The number of amides is 1. The van der Waals surface area contributed by atoms with Gasteiger partial charge in [-0.2, -0.15) is 9.97 Å². The molecule has 0 fully saturated rings. The number of fused-ring (bicyclic) bond motifs is 1. The molecule has 6 nitrogen and oxygen atoms in total. The number of carbonyl (C=O) groups excluding carboxylic acids is 1.